The van der Waals surface area contributed by atoms with Crippen molar-refractivity contribution in [1.82, 2.24) is 24.9 Å². The van der Waals surface area contributed by atoms with E-state index < -0.39 is 0 Å². The van der Waals surface area contributed by atoms with Crippen LogP contribution in [0.1, 0.15) is 18.4 Å². The van der Waals surface area contributed by atoms with Crippen molar-refractivity contribution in [1.29, 1.82) is 0 Å². The number of hydrogen-bond acceptors (Lipinski definition) is 4. The first kappa shape index (κ1) is 20.0. The summed E-state index contributed by atoms with van der Waals surface area (Å²) in [6.07, 6.45) is 4.44. The minimum absolute atomic E-state index is 0.173. The summed E-state index contributed by atoms with van der Waals surface area (Å²) in [6, 6.07) is 21.1. The van der Waals surface area contributed by atoms with E-state index in [4.69, 9.17) is 5.10 Å². The maximum absolute atomic E-state index is 12.1. The molecule has 5 rings (SSSR count). The standard InChI is InChI=1S/C25H29N5O/c31-24(26-22-11-12-22)19-29-15-13-28(14-16-29)17-21-18-30(23-9-5-2-6-10-23)27-25(21)20-7-3-1-4-8-20/h1-10,18,22H,11-17,19H2,(H,26,31). The number of piperazine rings is 1. The van der Waals surface area contributed by atoms with Gasteiger partial charge in [-0.05, 0) is 25.0 Å². The van der Waals surface area contributed by atoms with Crippen LogP contribution in [0.3, 0.4) is 0 Å². The second-order valence-electron chi connectivity index (χ2n) is 8.54. The molecule has 0 unspecified atom stereocenters. The number of carbonyl (C=O) groups is 1. The van der Waals surface area contributed by atoms with Crippen molar-refractivity contribution in [3.05, 3.63) is 72.4 Å². The number of nitrogens with one attached hydrogen (secondary N) is 1. The van der Waals surface area contributed by atoms with Crippen molar-refractivity contribution in [2.45, 2.75) is 25.4 Å². The summed E-state index contributed by atoms with van der Waals surface area (Å²) in [7, 11) is 0. The van der Waals surface area contributed by atoms with E-state index in [0.717, 1.165) is 62.5 Å². The summed E-state index contributed by atoms with van der Waals surface area (Å²) >= 11 is 0. The molecule has 1 saturated carbocycles. The third-order valence-corrected chi connectivity index (χ3v) is 6.03. The Labute approximate surface area is 183 Å². The topological polar surface area (TPSA) is 53.4 Å². The van der Waals surface area contributed by atoms with Crippen LogP contribution in [0.4, 0.5) is 0 Å². The molecule has 1 N–H and O–H groups in total. The van der Waals surface area contributed by atoms with E-state index in [2.05, 4.69) is 57.7 Å². The van der Waals surface area contributed by atoms with Crippen LogP contribution >= 0.6 is 0 Å². The SMILES string of the molecule is O=C(CN1CCN(Cc2cn(-c3ccccc3)nc2-c2ccccc2)CC1)NC1CC1. The Bertz CT molecular complexity index is 1000. The lowest BCUT2D eigenvalue weighted by Gasteiger charge is -2.34. The maximum atomic E-state index is 12.1. The second-order valence-corrected chi connectivity index (χ2v) is 8.54. The van der Waals surface area contributed by atoms with Gasteiger partial charge in [0.15, 0.2) is 0 Å². The van der Waals surface area contributed by atoms with E-state index in [9.17, 15) is 4.79 Å². The Morgan fingerprint density at radius 3 is 2.23 bits per heavy atom. The van der Waals surface area contributed by atoms with E-state index in [1.807, 2.05) is 28.9 Å². The number of amides is 1. The summed E-state index contributed by atoms with van der Waals surface area (Å²) in [4.78, 5) is 16.8. The van der Waals surface area contributed by atoms with Gasteiger partial charge in [-0.2, -0.15) is 5.10 Å². The first-order valence-corrected chi connectivity index (χ1v) is 11.2. The number of aromatic nitrogens is 2. The molecule has 2 aromatic carbocycles. The highest BCUT2D eigenvalue weighted by molar-refractivity contribution is 5.78. The average Bonchev–Trinajstić information content (AvgIpc) is 3.52. The second kappa shape index (κ2) is 9.04. The Hall–Kier alpha value is -2.96. The fraction of sp³-hybridized carbons (Fsp3) is 0.360. The number of carbonyl (C=O) groups excluding carboxylic acids is 1. The molecule has 1 aliphatic heterocycles. The molecule has 0 radical (unpaired) electrons. The zero-order chi connectivity index (χ0) is 21.0. The lowest BCUT2D eigenvalue weighted by Crippen LogP contribution is -2.49. The van der Waals surface area contributed by atoms with Gasteiger partial charge in [-0.1, -0.05) is 48.5 Å². The van der Waals surface area contributed by atoms with Gasteiger partial charge < -0.3 is 5.32 Å². The molecule has 1 amide bonds. The number of hydrogen-bond donors (Lipinski definition) is 1. The fourth-order valence-corrected chi connectivity index (χ4v) is 4.13. The molecule has 0 spiro atoms. The van der Waals surface area contributed by atoms with E-state index in [0.29, 0.717) is 12.6 Å². The van der Waals surface area contributed by atoms with Crippen LogP contribution in [0.15, 0.2) is 66.9 Å². The highest BCUT2D eigenvalue weighted by Crippen LogP contribution is 2.25. The Balaban J connectivity index is 1.27. The molecular formula is C25H29N5O. The molecule has 1 aliphatic carbocycles. The predicted molar refractivity (Wildman–Crippen MR) is 122 cm³/mol. The fourth-order valence-electron chi connectivity index (χ4n) is 4.13. The van der Waals surface area contributed by atoms with Crippen LogP contribution in [0.2, 0.25) is 0 Å². The molecule has 31 heavy (non-hydrogen) atoms. The Morgan fingerprint density at radius 2 is 1.55 bits per heavy atom. The number of para-hydroxylation sites is 1. The van der Waals surface area contributed by atoms with Crippen molar-refractivity contribution < 1.29 is 4.79 Å². The molecule has 2 fully saturated rings. The minimum Gasteiger partial charge on any atom is -0.352 e. The van der Waals surface area contributed by atoms with Crippen molar-refractivity contribution in [2.24, 2.45) is 0 Å². The summed E-state index contributed by atoms with van der Waals surface area (Å²) in [5.41, 5.74) is 4.48. The van der Waals surface area contributed by atoms with Crippen LogP contribution in [-0.2, 0) is 11.3 Å². The van der Waals surface area contributed by atoms with Crippen molar-refractivity contribution >= 4 is 5.91 Å². The molecule has 2 heterocycles. The van der Waals surface area contributed by atoms with Gasteiger partial charge in [0.25, 0.3) is 0 Å². The van der Waals surface area contributed by atoms with Crippen molar-refractivity contribution in [2.75, 3.05) is 32.7 Å². The lowest BCUT2D eigenvalue weighted by molar-refractivity contribution is -0.122. The van der Waals surface area contributed by atoms with Crippen molar-refractivity contribution in [3.63, 3.8) is 0 Å². The van der Waals surface area contributed by atoms with Crippen LogP contribution in [0.25, 0.3) is 16.9 Å². The van der Waals surface area contributed by atoms with Crippen molar-refractivity contribution in [3.8, 4) is 16.9 Å². The smallest absolute Gasteiger partial charge is 0.234 e. The highest BCUT2D eigenvalue weighted by Gasteiger charge is 2.25. The zero-order valence-corrected chi connectivity index (χ0v) is 17.8. The third-order valence-electron chi connectivity index (χ3n) is 6.03. The summed E-state index contributed by atoms with van der Waals surface area (Å²) in [6.45, 7) is 5.14. The summed E-state index contributed by atoms with van der Waals surface area (Å²) < 4.78 is 1.98. The van der Waals surface area contributed by atoms with Gasteiger partial charge in [0.1, 0.15) is 0 Å². The van der Waals surface area contributed by atoms with E-state index in [-0.39, 0.29) is 5.91 Å². The number of benzene rings is 2. The predicted octanol–water partition coefficient (Wildman–Crippen LogP) is 2.94. The van der Waals surface area contributed by atoms with Gasteiger partial charge in [0.2, 0.25) is 5.91 Å². The molecule has 160 valence electrons. The number of nitrogens with zero attached hydrogens (tertiary/aromatic N) is 4. The van der Waals surface area contributed by atoms with Gasteiger partial charge in [-0.25, -0.2) is 4.68 Å². The molecule has 6 nitrogen and oxygen atoms in total. The Morgan fingerprint density at radius 1 is 0.903 bits per heavy atom. The molecule has 2 aliphatic rings. The van der Waals surface area contributed by atoms with E-state index >= 15 is 0 Å². The first-order chi connectivity index (χ1) is 15.2. The quantitative estimate of drug-likeness (QED) is 0.645. The van der Waals surface area contributed by atoms with Gasteiger partial charge >= 0.3 is 0 Å². The minimum atomic E-state index is 0.173. The van der Waals surface area contributed by atoms with Crippen LogP contribution in [0, 0.1) is 0 Å². The summed E-state index contributed by atoms with van der Waals surface area (Å²) in [5.74, 6) is 0.173. The molecule has 1 saturated heterocycles. The van der Waals surface area contributed by atoms with Gasteiger partial charge in [0.05, 0.1) is 17.9 Å². The molecule has 0 atom stereocenters. The average molecular weight is 416 g/mol. The Kier molecular flexibility index (Phi) is 5.82. The normalized spacial score (nSPS) is 17.5. The summed E-state index contributed by atoms with van der Waals surface area (Å²) in [5, 5.41) is 8.02. The van der Waals surface area contributed by atoms with E-state index in [1.165, 1.54) is 5.56 Å². The van der Waals surface area contributed by atoms with Crippen LogP contribution in [0.5, 0.6) is 0 Å². The van der Waals surface area contributed by atoms with E-state index in [1.54, 1.807) is 0 Å². The van der Waals surface area contributed by atoms with Crippen LogP contribution in [-0.4, -0.2) is 64.3 Å². The molecular weight excluding hydrogens is 386 g/mol. The molecule has 6 heteroatoms. The van der Waals surface area contributed by atoms with Gasteiger partial charge in [-0.3, -0.25) is 14.6 Å². The third kappa shape index (κ3) is 5.03. The zero-order valence-electron chi connectivity index (χ0n) is 17.8. The molecule has 0 bridgehead atoms. The van der Waals surface area contributed by atoms with Crippen LogP contribution < -0.4 is 5.32 Å². The van der Waals surface area contributed by atoms with Gasteiger partial charge in [0, 0.05) is 56.1 Å². The molecule has 3 aromatic rings. The molecule has 1 aromatic heterocycles. The van der Waals surface area contributed by atoms with Gasteiger partial charge in [-0.15, -0.1) is 0 Å². The lowest BCUT2D eigenvalue weighted by atomic mass is 10.1. The highest BCUT2D eigenvalue weighted by atomic mass is 16.2. The largest absolute Gasteiger partial charge is 0.352 e. The maximum Gasteiger partial charge on any atom is 0.234 e. The number of rotatable bonds is 7. The monoisotopic (exact) mass is 415 g/mol. The first-order valence-electron chi connectivity index (χ1n) is 11.2.